The molecule has 2 heterocycles. The highest BCUT2D eigenvalue weighted by atomic mass is 16.6. The number of aliphatic hydroxyl groups is 1. The molecular formula is C16H17N3O4. The van der Waals surface area contributed by atoms with E-state index in [1.807, 2.05) is 0 Å². The van der Waals surface area contributed by atoms with Crippen LogP contribution in [0.2, 0.25) is 0 Å². The molecule has 0 unspecified atom stereocenters. The molecule has 1 aliphatic heterocycles. The zero-order valence-corrected chi connectivity index (χ0v) is 12.5. The third-order valence-corrected chi connectivity index (χ3v) is 3.46. The zero-order valence-electron chi connectivity index (χ0n) is 12.5. The van der Waals surface area contributed by atoms with Crippen LogP contribution in [0.3, 0.4) is 0 Å². The molecule has 1 aromatic heterocycles. The number of aromatic nitrogens is 2. The molecule has 1 saturated heterocycles. The average Bonchev–Trinajstić information content (AvgIpc) is 2.63. The summed E-state index contributed by atoms with van der Waals surface area (Å²) in [5.74, 6) is 0.978. The third kappa shape index (κ3) is 3.82. The highest BCUT2D eigenvalue weighted by molar-refractivity contribution is 5.71. The van der Waals surface area contributed by atoms with Crippen molar-refractivity contribution in [3.8, 4) is 17.1 Å². The highest BCUT2D eigenvalue weighted by Crippen LogP contribution is 2.20. The predicted octanol–water partition coefficient (Wildman–Crippen LogP) is 1.47. The van der Waals surface area contributed by atoms with Gasteiger partial charge in [-0.15, -0.1) is 0 Å². The fourth-order valence-electron chi connectivity index (χ4n) is 2.21. The molecule has 7 heteroatoms. The standard InChI is InChI=1S/C16H17N3O4/c20-11-13-5-6-17-15(18-13)12-1-3-14(4-2-12)23-16(21)19-7-9-22-10-8-19/h1-6,20H,7-11H2. The fraction of sp³-hybridized carbons (Fsp3) is 0.312. The lowest BCUT2D eigenvalue weighted by molar-refractivity contribution is 0.0416. The molecular weight excluding hydrogens is 298 g/mol. The number of nitrogens with zero attached hydrogens (tertiary/aromatic N) is 3. The van der Waals surface area contributed by atoms with Gasteiger partial charge in [-0.05, 0) is 30.3 Å². The van der Waals surface area contributed by atoms with Crippen LogP contribution in [-0.4, -0.2) is 52.4 Å². The quantitative estimate of drug-likeness (QED) is 0.923. The van der Waals surface area contributed by atoms with E-state index in [0.717, 1.165) is 5.56 Å². The maximum atomic E-state index is 12.0. The van der Waals surface area contributed by atoms with E-state index in [9.17, 15) is 4.79 Å². The van der Waals surface area contributed by atoms with Gasteiger partial charge in [0.05, 0.1) is 25.5 Å². The Kier molecular flexibility index (Phi) is 4.80. The number of rotatable bonds is 3. The zero-order chi connectivity index (χ0) is 16.1. The molecule has 120 valence electrons. The number of amides is 1. The lowest BCUT2D eigenvalue weighted by atomic mass is 10.2. The summed E-state index contributed by atoms with van der Waals surface area (Å²) in [5.41, 5.74) is 1.34. The van der Waals surface area contributed by atoms with Crippen molar-refractivity contribution in [2.24, 2.45) is 0 Å². The van der Waals surface area contributed by atoms with E-state index in [4.69, 9.17) is 14.6 Å². The summed E-state index contributed by atoms with van der Waals surface area (Å²) in [6.45, 7) is 2.02. The minimum atomic E-state index is -0.375. The lowest BCUT2D eigenvalue weighted by Gasteiger charge is -2.25. The van der Waals surface area contributed by atoms with Crippen LogP contribution in [0.4, 0.5) is 4.79 Å². The van der Waals surface area contributed by atoms with Crippen LogP contribution in [0.15, 0.2) is 36.5 Å². The number of benzene rings is 1. The van der Waals surface area contributed by atoms with Crippen molar-refractivity contribution in [3.05, 3.63) is 42.2 Å². The Hall–Kier alpha value is -2.51. The van der Waals surface area contributed by atoms with Gasteiger partial charge < -0.3 is 19.5 Å². The van der Waals surface area contributed by atoms with E-state index in [1.54, 1.807) is 41.4 Å². The van der Waals surface area contributed by atoms with Gasteiger partial charge in [-0.1, -0.05) is 0 Å². The van der Waals surface area contributed by atoms with Crippen LogP contribution >= 0.6 is 0 Å². The molecule has 0 bridgehead atoms. The van der Waals surface area contributed by atoms with Crippen LogP contribution in [-0.2, 0) is 11.3 Å². The predicted molar refractivity (Wildman–Crippen MR) is 81.8 cm³/mol. The first-order chi connectivity index (χ1) is 11.3. The Bertz CT molecular complexity index is 669. The molecule has 23 heavy (non-hydrogen) atoms. The maximum Gasteiger partial charge on any atom is 0.415 e. The molecule has 1 fully saturated rings. The van der Waals surface area contributed by atoms with Crippen LogP contribution in [0, 0.1) is 0 Å². The molecule has 1 aromatic carbocycles. The van der Waals surface area contributed by atoms with E-state index in [1.165, 1.54) is 0 Å². The molecule has 0 saturated carbocycles. The first kappa shape index (κ1) is 15.4. The van der Waals surface area contributed by atoms with E-state index in [0.29, 0.717) is 43.6 Å². The maximum absolute atomic E-state index is 12.0. The van der Waals surface area contributed by atoms with Crippen LogP contribution in [0.1, 0.15) is 5.69 Å². The summed E-state index contributed by atoms with van der Waals surface area (Å²) in [6.07, 6.45) is 1.22. The molecule has 1 aliphatic rings. The van der Waals surface area contributed by atoms with Crippen molar-refractivity contribution in [2.45, 2.75) is 6.61 Å². The molecule has 7 nitrogen and oxygen atoms in total. The molecule has 1 N–H and O–H groups in total. The Labute approximate surface area is 133 Å². The molecule has 0 atom stereocenters. The number of ether oxygens (including phenoxy) is 2. The van der Waals surface area contributed by atoms with Gasteiger partial charge >= 0.3 is 6.09 Å². The smallest absolute Gasteiger partial charge is 0.410 e. The lowest BCUT2D eigenvalue weighted by Crippen LogP contribution is -2.42. The van der Waals surface area contributed by atoms with Crippen LogP contribution < -0.4 is 4.74 Å². The Balaban J connectivity index is 1.67. The summed E-state index contributed by atoms with van der Waals surface area (Å²) in [5, 5.41) is 9.11. The van der Waals surface area contributed by atoms with Gasteiger partial charge in [0, 0.05) is 24.8 Å². The van der Waals surface area contributed by atoms with Gasteiger partial charge in [-0.25, -0.2) is 14.8 Å². The Morgan fingerprint density at radius 3 is 2.65 bits per heavy atom. The topological polar surface area (TPSA) is 84.8 Å². The third-order valence-electron chi connectivity index (χ3n) is 3.46. The number of morpholine rings is 1. The highest BCUT2D eigenvalue weighted by Gasteiger charge is 2.18. The van der Waals surface area contributed by atoms with Crippen molar-refractivity contribution >= 4 is 6.09 Å². The molecule has 0 spiro atoms. The fourth-order valence-corrected chi connectivity index (χ4v) is 2.21. The molecule has 1 amide bonds. The van der Waals surface area contributed by atoms with E-state index in [2.05, 4.69) is 9.97 Å². The second kappa shape index (κ2) is 7.17. The summed E-state index contributed by atoms with van der Waals surface area (Å²) in [6, 6.07) is 8.60. The van der Waals surface area contributed by atoms with Crippen LogP contribution in [0.5, 0.6) is 5.75 Å². The summed E-state index contributed by atoms with van der Waals surface area (Å²) >= 11 is 0. The number of carbonyl (C=O) groups is 1. The normalized spacial score (nSPS) is 14.6. The number of hydrogen-bond donors (Lipinski definition) is 1. The van der Waals surface area contributed by atoms with Gasteiger partial charge in [0.15, 0.2) is 5.82 Å². The summed E-state index contributed by atoms with van der Waals surface area (Å²) in [4.78, 5) is 22.0. The van der Waals surface area contributed by atoms with Gasteiger partial charge in [0.2, 0.25) is 0 Å². The second-order valence-corrected chi connectivity index (χ2v) is 5.02. The van der Waals surface area contributed by atoms with E-state index < -0.39 is 0 Å². The SMILES string of the molecule is O=C(Oc1ccc(-c2nccc(CO)n2)cc1)N1CCOCC1. The van der Waals surface area contributed by atoms with Crippen molar-refractivity contribution in [3.63, 3.8) is 0 Å². The monoisotopic (exact) mass is 315 g/mol. The molecule has 2 aromatic rings. The van der Waals surface area contributed by atoms with Crippen molar-refractivity contribution < 1.29 is 19.4 Å². The summed E-state index contributed by atoms with van der Waals surface area (Å²) in [7, 11) is 0. The number of carbonyl (C=O) groups excluding carboxylic acids is 1. The number of hydrogen-bond acceptors (Lipinski definition) is 6. The first-order valence-corrected chi connectivity index (χ1v) is 7.34. The minimum absolute atomic E-state index is 0.134. The van der Waals surface area contributed by atoms with Gasteiger partial charge in [0.25, 0.3) is 0 Å². The molecule has 3 rings (SSSR count). The minimum Gasteiger partial charge on any atom is -0.410 e. The molecule has 0 aliphatic carbocycles. The Morgan fingerprint density at radius 2 is 1.96 bits per heavy atom. The van der Waals surface area contributed by atoms with E-state index in [-0.39, 0.29) is 12.7 Å². The molecule has 0 radical (unpaired) electrons. The average molecular weight is 315 g/mol. The van der Waals surface area contributed by atoms with Crippen molar-refractivity contribution in [1.82, 2.24) is 14.9 Å². The second-order valence-electron chi connectivity index (χ2n) is 5.02. The van der Waals surface area contributed by atoms with Crippen LogP contribution in [0.25, 0.3) is 11.4 Å². The number of aliphatic hydroxyl groups excluding tert-OH is 1. The van der Waals surface area contributed by atoms with Crippen molar-refractivity contribution in [2.75, 3.05) is 26.3 Å². The first-order valence-electron chi connectivity index (χ1n) is 7.34. The largest absolute Gasteiger partial charge is 0.415 e. The summed E-state index contributed by atoms with van der Waals surface area (Å²) < 4.78 is 10.5. The van der Waals surface area contributed by atoms with Gasteiger partial charge in [0.1, 0.15) is 5.75 Å². The Morgan fingerprint density at radius 1 is 1.22 bits per heavy atom. The van der Waals surface area contributed by atoms with Crippen molar-refractivity contribution in [1.29, 1.82) is 0 Å². The van der Waals surface area contributed by atoms with Gasteiger partial charge in [-0.2, -0.15) is 0 Å². The van der Waals surface area contributed by atoms with Gasteiger partial charge in [-0.3, -0.25) is 0 Å². The van der Waals surface area contributed by atoms with E-state index >= 15 is 0 Å².